The van der Waals surface area contributed by atoms with Crippen LogP contribution in [0.4, 0.5) is 5.69 Å². The Labute approximate surface area is 149 Å². The molecule has 2 heterocycles. The first-order chi connectivity index (χ1) is 11.5. The summed E-state index contributed by atoms with van der Waals surface area (Å²) < 4.78 is 12.2. The van der Waals surface area contributed by atoms with Gasteiger partial charge in [-0.1, -0.05) is 12.1 Å². The van der Waals surface area contributed by atoms with Crippen molar-refractivity contribution in [1.82, 2.24) is 4.90 Å². The lowest BCUT2D eigenvalue weighted by atomic mass is 10.0. The molecule has 2 fully saturated rings. The second-order valence-corrected chi connectivity index (χ2v) is 6.90. The van der Waals surface area contributed by atoms with Crippen molar-refractivity contribution in [2.24, 2.45) is 0 Å². The van der Waals surface area contributed by atoms with Gasteiger partial charge in [0.2, 0.25) is 11.8 Å². The molecular weight excluding hydrogens is 376 g/mol. The monoisotopic (exact) mass is 396 g/mol. The Kier molecular flexibility index (Phi) is 5.22. The van der Waals surface area contributed by atoms with E-state index in [4.69, 9.17) is 9.47 Å². The number of rotatable bonds is 3. The number of ether oxygens (including phenoxy) is 2. The highest BCUT2D eigenvalue weighted by molar-refractivity contribution is 9.10. The summed E-state index contributed by atoms with van der Waals surface area (Å²) in [4.78, 5) is 27.9. The number of hydrogen-bond donors (Lipinski definition) is 0. The number of likely N-dealkylation sites (tertiary alicyclic amines) is 1. The molecule has 2 aliphatic heterocycles. The van der Waals surface area contributed by atoms with Gasteiger partial charge in [-0.15, -0.1) is 0 Å². The van der Waals surface area contributed by atoms with E-state index in [1.54, 1.807) is 4.90 Å². The van der Waals surface area contributed by atoms with Crippen LogP contribution in [0.25, 0.3) is 0 Å². The second kappa shape index (κ2) is 7.21. The number of halogens is 1. The molecule has 0 saturated carbocycles. The van der Waals surface area contributed by atoms with Crippen LogP contribution < -0.4 is 4.90 Å². The third-order valence-electron chi connectivity index (χ3n) is 4.51. The number of carbonyl (C=O) groups excluding carboxylic acids is 2. The largest absolute Gasteiger partial charge is 0.347 e. The van der Waals surface area contributed by atoms with Crippen LogP contribution in [0, 0.1) is 0 Å². The van der Waals surface area contributed by atoms with Crippen molar-refractivity contribution in [1.29, 1.82) is 0 Å². The molecule has 0 atom stereocenters. The Morgan fingerprint density at radius 2 is 1.83 bits per heavy atom. The first kappa shape index (κ1) is 17.4. The molecule has 6 nitrogen and oxygen atoms in total. The Bertz CT molecular complexity index is 621. The van der Waals surface area contributed by atoms with E-state index in [0.717, 1.165) is 4.47 Å². The van der Waals surface area contributed by atoms with Crippen LogP contribution in [0.3, 0.4) is 0 Å². The molecular formula is C17H21BrN2O4. The fourth-order valence-corrected chi connectivity index (χ4v) is 3.65. The average Bonchev–Trinajstić information content (AvgIpc) is 3.02. The van der Waals surface area contributed by atoms with Gasteiger partial charge in [0.05, 0.1) is 18.9 Å². The fraction of sp³-hybridized carbons (Fsp3) is 0.529. The normalized spacial score (nSPS) is 19.5. The highest BCUT2D eigenvalue weighted by Gasteiger charge is 2.41. The third-order valence-corrected chi connectivity index (χ3v) is 5.18. The number of piperidine rings is 1. The summed E-state index contributed by atoms with van der Waals surface area (Å²) in [6, 6.07) is 7.40. The van der Waals surface area contributed by atoms with Gasteiger partial charge in [0, 0.05) is 37.3 Å². The zero-order chi connectivity index (χ0) is 17.2. The zero-order valence-corrected chi connectivity index (χ0v) is 15.3. The van der Waals surface area contributed by atoms with E-state index in [1.807, 2.05) is 24.3 Å². The number of nitrogens with zero attached hydrogens (tertiary/aromatic N) is 2. The molecule has 7 heteroatoms. The van der Waals surface area contributed by atoms with E-state index in [2.05, 4.69) is 15.9 Å². The minimum atomic E-state index is -0.500. The van der Waals surface area contributed by atoms with E-state index in [0.29, 0.717) is 44.8 Å². The van der Waals surface area contributed by atoms with E-state index in [9.17, 15) is 9.59 Å². The van der Waals surface area contributed by atoms with Crippen LogP contribution in [0.1, 0.15) is 19.8 Å². The van der Waals surface area contributed by atoms with Gasteiger partial charge < -0.3 is 19.3 Å². The van der Waals surface area contributed by atoms with Crippen molar-refractivity contribution in [2.75, 3.05) is 37.7 Å². The Balaban J connectivity index is 1.64. The minimum Gasteiger partial charge on any atom is -0.347 e. The highest BCUT2D eigenvalue weighted by atomic mass is 79.9. The molecule has 3 rings (SSSR count). The van der Waals surface area contributed by atoms with Gasteiger partial charge >= 0.3 is 0 Å². The lowest BCUT2D eigenvalue weighted by Gasteiger charge is -2.38. The lowest BCUT2D eigenvalue weighted by Crippen LogP contribution is -2.50. The molecule has 1 spiro atoms. The van der Waals surface area contributed by atoms with Crippen molar-refractivity contribution < 1.29 is 19.1 Å². The van der Waals surface area contributed by atoms with E-state index in [1.165, 1.54) is 11.8 Å². The summed E-state index contributed by atoms with van der Waals surface area (Å²) in [5, 5.41) is 0. The van der Waals surface area contributed by atoms with E-state index >= 15 is 0 Å². The first-order valence-corrected chi connectivity index (χ1v) is 8.88. The van der Waals surface area contributed by atoms with Gasteiger partial charge in [-0.3, -0.25) is 9.59 Å². The molecule has 0 unspecified atom stereocenters. The van der Waals surface area contributed by atoms with Crippen LogP contribution >= 0.6 is 15.9 Å². The maximum atomic E-state index is 12.6. The molecule has 1 aromatic carbocycles. The van der Waals surface area contributed by atoms with Gasteiger partial charge in [0.25, 0.3) is 0 Å². The first-order valence-electron chi connectivity index (χ1n) is 8.09. The van der Waals surface area contributed by atoms with Gasteiger partial charge in [-0.2, -0.15) is 0 Å². The summed E-state index contributed by atoms with van der Waals surface area (Å²) in [6.45, 7) is 3.91. The molecule has 24 heavy (non-hydrogen) atoms. The van der Waals surface area contributed by atoms with Gasteiger partial charge in [0.15, 0.2) is 5.79 Å². The Morgan fingerprint density at radius 3 is 2.42 bits per heavy atom. The van der Waals surface area contributed by atoms with Crippen LogP contribution in [-0.4, -0.2) is 55.3 Å². The molecule has 130 valence electrons. The molecule has 1 aromatic rings. The van der Waals surface area contributed by atoms with Crippen molar-refractivity contribution in [2.45, 2.75) is 25.6 Å². The maximum absolute atomic E-state index is 12.6. The standard InChI is InChI=1S/C17H21BrN2O4/c1-13(21)20(15-5-3-2-4-14(15)18)12-16(22)19-8-6-17(7-9-19)23-10-11-24-17/h2-5H,6-12H2,1H3. The predicted molar refractivity (Wildman–Crippen MR) is 92.6 cm³/mol. The second-order valence-electron chi connectivity index (χ2n) is 6.04. The fourth-order valence-electron chi connectivity index (χ4n) is 3.15. The molecule has 0 aliphatic carbocycles. The number of anilines is 1. The van der Waals surface area contributed by atoms with E-state index in [-0.39, 0.29) is 18.4 Å². The number of amides is 2. The molecule has 0 N–H and O–H groups in total. The van der Waals surface area contributed by atoms with Crippen molar-refractivity contribution in [3.8, 4) is 0 Å². The van der Waals surface area contributed by atoms with Gasteiger partial charge in [-0.05, 0) is 28.1 Å². The number of para-hydroxylation sites is 1. The molecule has 2 aliphatic rings. The highest BCUT2D eigenvalue weighted by Crippen LogP contribution is 2.31. The molecule has 2 amide bonds. The summed E-state index contributed by atoms with van der Waals surface area (Å²) >= 11 is 3.44. The van der Waals surface area contributed by atoms with Gasteiger partial charge in [0.1, 0.15) is 6.54 Å². The number of hydrogen-bond acceptors (Lipinski definition) is 4. The van der Waals surface area contributed by atoms with E-state index < -0.39 is 5.79 Å². The average molecular weight is 397 g/mol. The molecule has 0 radical (unpaired) electrons. The SMILES string of the molecule is CC(=O)N(CC(=O)N1CCC2(CC1)OCCO2)c1ccccc1Br. The van der Waals surface area contributed by atoms with Crippen LogP contribution in [0.5, 0.6) is 0 Å². The van der Waals surface area contributed by atoms with Crippen LogP contribution in [0.2, 0.25) is 0 Å². The Morgan fingerprint density at radius 1 is 1.21 bits per heavy atom. The zero-order valence-electron chi connectivity index (χ0n) is 13.7. The number of carbonyl (C=O) groups is 2. The van der Waals surface area contributed by atoms with Gasteiger partial charge in [-0.25, -0.2) is 0 Å². The number of benzene rings is 1. The maximum Gasteiger partial charge on any atom is 0.242 e. The van der Waals surface area contributed by atoms with Crippen LogP contribution in [-0.2, 0) is 19.1 Å². The third kappa shape index (κ3) is 3.63. The van der Waals surface area contributed by atoms with Crippen LogP contribution in [0.15, 0.2) is 28.7 Å². The summed E-state index contributed by atoms with van der Waals surface area (Å²) in [6.07, 6.45) is 1.35. The lowest BCUT2D eigenvalue weighted by molar-refractivity contribution is -0.187. The summed E-state index contributed by atoms with van der Waals surface area (Å²) in [5.41, 5.74) is 0.703. The van der Waals surface area contributed by atoms with Crippen molar-refractivity contribution >= 4 is 33.4 Å². The summed E-state index contributed by atoms with van der Waals surface area (Å²) in [7, 11) is 0. The van der Waals surface area contributed by atoms with Crippen molar-refractivity contribution in [3.05, 3.63) is 28.7 Å². The Hall–Kier alpha value is -1.44. The van der Waals surface area contributed by atoms with Crippen molar-refractivity contribution in [3.63, 3.8) is 0 Å². The molecule has 0 bridgehead atoms. The topological polar surface area (TPSA) is 59.1 Å². The smallest absolute Gasteiger partial charge is 0.242 e. The molecule has 0 aromatic heterocycles. The molecule has 2 saturated heterocycles. The minimum absolute atomic E-state index is 0.0344. The quantitative estimate of drug-likeness (QED) is 0.785. The predicted octanol–water partition coefficient (Wildman–Crippen LogP) is 2.17. The summed E-state index contributed by atoms with van der Waals surface area (Å²) in [5.74, 6) is -0.723.